The minimum Gasteiger partial charge on any atom is -0.314 e. The number of rotatable bonds is 11. The van der Waals surface area contributed by atoms with Crippen molar-refractivity contribution < 1.29 is 0 Å². The molecule has 0 bridgehead atoms. The van der Waals surface area contributed by atoms with Crippen molar-refractivity contribution in [3.8, 4) is 0 Å². The number of aromatic nitrogens is 2. The lowest BCUT2D eigenvalue weighted by atomic mass is 9.75. The first-order valence-electron chi connectivity index (χ1n) is 8.86. The first-order chi connectivity index (χ1) is 10.5. The molecule has 0 fully saturated rings. The van der Waals surface area contributed by atoms with Crippen molar-refractivity contribution in [2.24, 2.45) is 0 Å². The Morgan fingerprint density at radius 1 is 0.909 bits per heavy atom. The van der Waals surface area contributed by atoms with Crippen LogP contribution in [0.4, 0.5) is 0 Å². The molecular formula is C18H32N2O2. The molecule has 0 aromatic carbocycles. The SMILES string of the molecule is CCCCCCC(C)(CCCCCC)c1c[nH]c(=O)[nH]c1=O. The Bertz CT molecular complexity index is 518. The second-order valence-electron chi connectivity index (χ2n) is 6.67. The van der Waals surface area contributed by atoms with E-state index in [4.69, 9.17) is 0 Å². The Morgan fingerprint density at radius 3 is 1.91 bits per heavy atom. The highest BCUT2D eigenvalue weighted by atomic mass is 16.2. The fourth-order valence-corrected chi connectivity index (χ4v) is 3.14. The van der Waals surface area contributed by atoms with Crippen LogP contribution in [0.1, 0.15) is 90.5 Å². The molecule has 0 aliphatic heterocycles. The van der Waals surface area contributed by atoms with Gasteiger partial charge in [0.25, 0.3) is 5.56 Å². The van der Waals surface area contributed by atoms with E-state index in [0.717, 1.165) is 31.2 Å². The summed E-state index contributed by atoms with van der Waals surface area (Å²) in [5.41, 5.74) is -0.0513. The van der Waals surface area contributed by atoms with E-state index in [1.54, 1.807) is 6.20 Å². The van der Waals surface area contributed by atoms with Crippen molar-refractivity contribution in [2.45, 2.75) is 90.4 Å². The molecule has 0 spiro atoms. The molecule has 0 atom stereocenters. The highest BCUT2D eigenvalue weighted by Crippen LogP contribution is 2.33. The summed E-state index contributed by atoms with van der Waals surface area (Å²) < 4.78 is 0. The number of aromatic amines is 2. The van der Waals surface area contributed by atoms with Gasteiger partial charge in [0, 0.05) is 11.8 Å². The summed E-state index contributed by atoms with van der Waals surface area (Å²) in [5, 5.41) is 0. The molecule has 0 saturated carbocycles. The zero-order chi connectivity index (χ0) is 16.4. The van der Waals surface area contributed by atoms with Gasteiger partial charge in [0.2, 0.25) is 0 Å². The second-order valence-corrected chi connectivity index (χ2v) is 6.67. The lowest BCUT2D eigenvalue weighted by Gasteiger charge is -2.29. The largest absolute Gasteiger partial charge is 0.325 e. The number of H-pyrrole nitrogens is 2. The van der Waals surface area contributed by atoms with Gasteiger partial charge < -0.3 is 4.98 Å². The maximum atomic E-state index is 12.2. The first-order valence-corrected chi connectivity index (χ1v) is 8.86. The van der Waals surface area contributed by atoms with Crippen molar-refractivity contribution in [3.05, 3.63) is 32.6 Å². The summed E-state index contributed by atoms with van der Waals surface area (Å²) in [4.78, 5) is 28.5. The van der Waals surface area contributed by atoms with Crippen LogP contribution in [0.2, 0.25) is 0 Å². The Balaban J connectivity index is 2.83. The number of hydrogen-bond acceptors (Lipinski definition) is 2. The van der Waals surface area contributed by atoms with Gasteiger partial charge in [-0.05, 0) is 18.3 Å². The quantitative estimate of drug-likeness (QED) is 0.600. The fraction of sp³-hybridized carbons (Fsp3) is 0.778. The molecule has 4 nitrogen and oxygen atoms in total. The third-order valence-corrected chi connectivity index (χ3v) is 4.63. The summed E-state index contributed by atoms with van der Waals surface area (Å²) >= 11 is 0. The Kier molecular flexibility index (Phi) is 8.21. The van der Waals surface area contributed by atoms with E-state index < -0.39 is 5.69 Å². The van der Waals surface area contributed by atoms with Gasteiger partial charge in [-0.15, -0.1) is 0 Å². The number of hydrogen-bond donors (Lipinski definition) is 2. The van der Waals surface area contributed by atoms with Crippen LogP contribution in [0.3, 0.4) is 0 Å². The van der Waals surface area contributed by atoms with Crippen LogP contribution in [0.5, 0.6) is 0 Å². The molecule has 1 rings (SSSR count). The van der Waals surface area contributed by atoms with Crippen LogP contribution in [-0.2, 0) is 5.41 Å². The highest BCUT2D eigenvalue weighted by molar-refractivity contribution is 5.17. The van der Waals surface area contributed by atoms with Crippen molar-refractivity contribution in [2.75, 3.05) is 0 Å². The van der Waals surface area contributed by atoms with Gasteiger partial charge in [0.05, 0.1) is 0 Å². The summed E-state index contributed by atoms with van der Waals surface area (Å²) in [6.45, 7) is 6.58. The van der Waals surface area contributed by atoms with Crippen LogP contribution in [0.15, 0.2) is 15.8 Å². The third kappa shape index (κ3) is 5.82. The molecule has 0 aliphatic carbocycles. The molecule has 1 heterocycles. The molecule has 1 aromatic heterocycles. The summed E-state index contributed by atoms with van der Waals surface area (Å²) in [5.74, 6) is 0. The zero-order valence-electron chi connectivity index (χ0n) is 14.5. The Hall–Kier alpha value is -1.32. The standard InChI is InChI=1S/C18H32N2O2/c1-4-6-8-10-12-18(3,13-11-9-7-5-2)15-14-19-17(22)20-16(15)21/h14H,4-13H2,1-3H3,(H2,19,20,21,22). The molecule has 0 saturated heterocycles. The van der Waals surface area contributed by atoms with Crippen LogP contribution < -0.4 is 11.2 Å². The fourth-order valence-electron chi connectivity index (χ4n) is 3.14. The van der Waals surface area contributed by atoms with Gasteiger partial charge in [-0.2, -0.15) is 0 Å². The summed E-state index contributed by atoms with van der Waals surface area (Å²) in [6, 6.07) is 0. The van der Waals surface area contributed by atoms with Crippen LogP contribution in [0.25, 0.3) is 0 Å². The van der Waals surface area contributed by atoms with E-state index in [1.165, 1.54) is 38.5 Å². The van der Waals surface area contributed by atoms with Gasteiger partial charge in [-0.1, -0.05) is 72.1 Å². The van der Waals surface area contributed by atoms with Crippen LogP contribution in [0, 0.1) is 0 Å². The van der Waals surface area contributed by atoms with Gasteiger partial charge in [-0.25, -0.2) is 4.79 Å². The van der Waals surface area contributed by atoms with E-state index in [-0.39, 0.29) is 11.0 Å². The van der Waals surface area contributed by atoms with Gasteiger partial charge in [-0.3, -0.25) is 9.78 Å². The number of nitrogens with one attached hydrogen (secondary N) is 2. The van der Waals surface area contributed by atoms with Crippen molar-refractivity contribution in [3.63, 3.8) is 0 Å². The van der Waals surface area contributed by atoms with Gasteiger partial charge in [0.1, 0.15) is 0 Å². The molecule has 0 unspecified atom stereocenters. The van der Waals surface area contributed by atoms with E-state index in [9.17, 15) is 9.59 Å². The predicted octanol–water partition coefficient (Wildman–Crippen LogP) is 4.26. The maximum absolute atomic E-state index is 12.2. The number of unbranched alkanes of at least 4 members (excludes halogenated alkanes) is 6. The summed E-state index contributed by atoms with van der Waals surface area (Å²) in [6.07, 6.45) is 13.3. The smallest absolute Gasteiger partial charge is 0.314 e. The highest BCUT2D eigenvalue weighted by Gasteiger charge is 2.28. The first kappa shape index (κ1) is 18.7. The molecule has 1 aromatic rings. The van der Waals surface area contributed by atoms with Crippen molar-refractivity contribution in [1.29, 1.82) is 0 Å². The molecule has 0 amide bonds. The average molecular weight is 308 g/mol. The minimum atomic E-state index is -0.423. The topological polar surface area (TPSA) is 65.7 Å². The van der Waals surface area contributed by atoms with Crippen LogP contribution in [-0.4, -0.2) is 9.97 Å². The second kappa shape index (κ2) is 9.65. The molecule has 22 heavy (non-hydrogen) atoms. The predicted molar refractivity (Wildman–Crippen MR) is 92.6 cm³/mol. The molecule has 0 aliphatic rings. The molecule has 4 heteroatoms. The Morgan fingerprint density at radius 2 is 1.45 bits per heavy atom. The minimum absolute atomic E-state index is 0.140. The third-order valence-electron chi connectivity index (χ3n) is 4.63. The summed E-state index contributed by atoms with van der Waals surface area (Å²) in [7, 11) is 0. The molecule has 126 valence electrons. The molecule has 0 radical (unpaired) electrons. The molecular weight excluding hydrogens is 276 g/mol. The van der Waals surface area contributed by atoms with E-state index in [0.29, 0.717) is 0 Å². The zero-order valence-corrected chi connectivity index (χ0v) is 14.5. The molecule has 2 N–H and O–H groups in total. The lowest BCUT2D eigenvalue weighted by molar-refractivity contribution is 0.359. The van der Waals surface area contributed by atoms with E-state index >= 15 is 0 Å². The van der Waals surface area contributed by atoms with E-state index in [1.807, 2.05) is 0 Å². The van der Waals surface area contributed by atoms with Gasteiger partial charge in [0.15, 0.2) is 0 Å². The van der Waals surface area contributed by atoms with Crippen molar-refractivity contribution in [1.82, 2.24) is 9.97 Å². The average Bonchev–Trinajstić information content (AvgIpc) is 2.48. The monoisotopic (exact) mass is 308 g/mol. The van der Waals surface area contributed by atoms with Crippen molar-refractivity contribution >= 4 is 0 Å². The van der Waals surface area contributed by atoms with Crippen LogP contribution >= 0.6 is 0 Å². The lowest BCUT2D eigenvalue weighted by Crippen LogP contribution is -2.34. The normalized spacial score (nSPS) is 11.8. The Labute approximate surface area is 133 Å². The maximum Gasteiger partial charge on any atom is 0.325 e. The van der Waals surface area contributed by atoms with Gasteiger partial charge >= 0.3 is 5.69 Å². The van der Waals surface area contributed by atoms with E-state index in [2.05, 4.69) is 30.7 Å².